The predicted molar refractivity (Wildman–Crippen MR) is 58.3 cm³/mol. The monoisotopic (exact) mass is 269 g/mol. The van der Waals surface area contributed by atoms with E-state index < -0.39 is 30.9 Å². The summed E-state index contributed by atoms with van der Waals surface area (Å²) in [5, 5.41) is 8.74. The highest BCUT2D eigenvalue weighted by molar-refractivity contribution is 5.72. The van der Waals surface area contributed by atoms with Crippen LogP contribution in [0, 0.1) is 0 Å². The highest BCUT2D eigenvalue weighted by Crippen LogP contribution is 2.24. The molecule has 0 radical (unpaired) electrons. The van der Waals surface area contributed by atoms with Crippen molar-refractivity contribution in [3.05, 3.63) is 0 Å². The lowest BCUT2D eigenvalue weighted by atomic mass is 10.1. The van der Waals surface area contributed by atoms with E-state index in [1.54, 1.807) is 13.8 Å². The normalized spacial score (nSPS) is 25.1. The highest BCUT2D eigenvalue weighted by atomic mass is 19.4. The van der Waals surface area contributed by atoms with E-state index in [0.29, 0.717) is 12.8 Å². The molecule has 0 spiro atoms. The molecule has 1 rings (SSSR count). The molecule has 0 aromatic heterocycles. The number of ether oxygens (including phenoxy) is 1. The third-order valence-electron chi connectivity index (χ3n) is 2.93. The van der Waals surface area contributed by atoms with Gasteiger partial charge in [0.15, 0.2) is 6.10 Å². The Hall–Kier alpha value is -0.820. The largest absolute Gasteiger partial charge is 0.479 e. The molecule has 0 aliphatic carbocycles. The number of carboxylic acids is 1. The molecule has 0 aromatic carbocycles. The van der Waals surface area contributed by atoms with Gasteiger partial charge in [0.2, 0.25) is 0 Å². The summed E-state index contributed by atoms with van der Waals surface area (Å²) in [5.74, 6) is -1.05. The standard InChI is InChI=1S/C11H18F3NO3/c1-7(2)15(6-11(12,13)14)5-8-3-4-9(18-8)10(16)17/h7-9H,3-6H2,1-2H3,(H,16,17). The Kier molecular flexibility index (Phi) is 4.98. The minimum atomic E-state index is -4.25. The second kappa shape index (κ2) is 5.88. The van der Waals surface area contributed by atoms with Gasteiger partial charge in [-0.05, 0) is 26.7 Å². The molecule has 1 saturated heterocycles. The van der Waals surface area contributed by atoms with Crippen LogP contribution in [0.5, 0.6) is 0 Å². The van der Waals surface area contributed by atoms with Gasteiger partial charge in [0, 0.05) is 12.6 Å². The Morgan fingerprint density at radius 1 is 1.44 bits per heavy atom. The number of hydrogen-bond donors (Lipinski definition) is 1. The maximum Gasteiger partial charge on any atom is 0.401 e. The lowest BCUT2D eigenvalue weighted by Crippen LogP contribution is -2.43. The van der Waals surface area contributed by atoms with Crippen LogP contribution in [0.3, 0.4) is 0 Å². The summed E-state index contributed by atoms with van der Waals surface area (Å²) in [6.07, 6.45) is -4.73. The SMILES string of the molecule is CC(C)N(CC1CCC(C(=O)O)O1)CC(F)(F)F. The number of carboxylic acid groups (broad SMARTS) is 1. The molecule has 1 heterocycles. The van der Waals surface area contributed by atoms with Crippen LogP contribution in [-0.2, 0) is 9.53 Å². The maximum absolute atomic E-state index is 12.4. The molecule has 0 saturated carbocycles. The van der Waals surface area contributed by atoms with Gasteiger partial charge in [-0.2, -0.15) is 13.2 Å². The van der Waals surface area contributed by atoms with Gasteiger partial charge in [-0.3, -0.25) is 4.90 Å². The topological polar surface area (TPSA) is 49.8 Å². The van der Waals surface area contributed by atoms with Gasteiger partial charge in [0.05, 0.1) is 12.6 Å². The van der Waals surface area contributed by atoms with Crippen molar-refractivity contribution in [2.75, 3.05) is 13.1 Å². The molecule has 4 nitrogen and oxygen atoms in total. The average Bonchev–Trinajstić information content (AvgIpc) is 2.63. The van der Waals surface area contributed by atoms with E-state index >= 15 is 0 Å². The molecule has 2 unspecified atom stereocenters. The second-order valence-electron chi connectivity index (χ2n) is 4.80. The zero-order valence-electron chi connectivity index (χ0n) is 10.4. The van der Waals surface area contributed by atoms with Gasteiger partial charge >= 0.3 is 12.1 Å². The van der Waals surface area contributed by atoms with Crippen molar-refractivity contribution in [1.82, 2.24) is 4.90 Å². The Balaban J connectivity index is 2.50. The maximum atomic E-state index is 12.4. The van der Waals surface area contributed by atoms with Gasteiger partial charge in [0.1, 0.15) is 0 Å². The van der Waals surface area contributed by atoms with Gasteiger partial charge < -0.3 is 9.84 Å². The van der Waals surface area contributed by atoms with Crippen molar-refractivity contribution in [3.63, 3.8) is 0 Å². The molecule has 106 valence electrons. The van der Waals surface area contributed by atoms with Crippen LogP contribution < -0.4 is 0 Å². The van der Waals surface area contributed by atoms with Crippen LogP contribution in [0.4, 0.5) is 13.2 Å². The van der Waals surface area contributed by atoms with Gasteiger partial charge in [-0.25, -0.2) is 4.79 Å². The van der Waals surface area contributed by atoms with Crippen LogP contribution in [0.15, 0.2) is 0 Å². The van der Waals surface area contributed by atoms with Gasteiger partial charge in [-0.1, -0.05) is 0 Å². The first-order valence-corrected chi connectivity index (χ1v) is 5.88. The molecule has 0 aromatic rings. The van der Waals surface area contributed by atoms with E-state index in [0.717, 1.165) is 0 Å². The van der Waals surface area contributed by atoms with E-state index in [1.165, 1.54) is 4.90 Å². The fourth-order valence-electron chi connectivity index (χ4n) is 1.97. The van der Waals surface area contributed by atoms with Crippen LogP contribution >= 0.6 is 0 Å². The van der Waals surface area contributed by atoms with E-state index in [-0.39, 0.29) is 12.6 Å². The zero-order chi connectivity index (χ0) is 13.9. The quantitative estimate of drug-likeness (QED) is 0.828. The van der Waals surface area contributed by atoms with Gasteiger partial charge in [0.25, 0.3) is 0 Å². The van der Waals surface area contributed by atoms with Crippen molar-refractivity contribution in [1.29, 1.82) is 0 Å². The van der Waals surface area contributed by atoms with E-state index in [2.05, 4.69) is 0 Å². The van der Waals surface area contributed by atoms with E-state index in [4.69, 9.17) is 9.84 Å². The summed E-state index contributed by atoms with van der Waals surface area (Å²) in [5.41, 5.74) is 0. The smallest absolute Gasteiger partial charge is 0.401 e. The summed E-state index contributed by atoms with van der Waals surface area (Å²) in [6.45, 7) is 2.47. The molecule has 1 aliphatic heterocycles. The van der Waals surface area contributed by atoms with E-state index in [1.807, 2.05) is 0 Å². The minimum absolute atomic E-state index is 0.112. The fraction of sp³-hybridized carbons (Fsp3) is 0.909. The molecule has 1 aliphatic rings. The molecule has 0 amide bonds. The Morgan fingerprint density at radius 2 is 2.06 bits per heavy atom. The van der Waals surface area contributed by atoms with Crippen molar-refractivity contribution in [3.8, 4) is 0 Å². The number of nitrogens with zero attached hydrogens (tertiary/aromatic N) is 1. The number of hydrogen-bond acceptors (Lipinski definition) is 3. The molecule has 1 N–H and O–H groups in total. The number of aliphatic carboxylic acids is 1. The van der Waals surface area contributed by atoms with E-state index in [9.17, 15) is 18.0 Å². The van der Waals surface area contributed by atoms with Crippen molar-refractivity contribution < 1.29 is 27.8 Å². The van der Waals surface area contributed by atoms with Crippen molar-refractivity contribution in [2.24, 2.45) is 0 Å². The molecular weight excluding hydrogens is 251 g/mol. The summed E-state index contributed by atoms with van der Waals surface area (Å²) in [7, 11) is 0. The number of halogens is 3. The van der Waals surface area contributed by atoms with Crippen LogP contribution in [0.25, 0.3) is 0 Å². The summed E-state index contributed by atoms with van der Waals surface area (Å²) in [4.78, 5) is 11.9. The molecule has 1 fully saturated rings. The summed E-state index contributed by atoms with van der Waals surface area (Å²) < 4.78 is 42.3. The highest BCUT2D eigenvalue weighted by Gasteiger charge is 2.36. The molecule has 2 atom stereocenters. The zero-order valence-corrected chi connectivity index (χ0v) is 10.4. The molecular formula is C11H18F3NO3. The summed E-state index contributed by atoms with van der Waals surface area (Å²) >= 11 is 0. The molecule has 7 heteroatoms. The molecule has 18 heavy (non-hydrogen) atoms. The summed E-state index contributed by atoms with van der Waals surface area (Å²) in [6, 6.07) is -0.265. The third kappa shape index (κ3) is 4.81. The first-order chi connectivity index (χ1) is 8.19. The Bertz CT molecular complexity index is 294. The first-order valence-electron chi connectivity index (χ1n) is 5.88. The molecule has 0 bridgehead atoms. The second-order valence-corrected chi connectivity index (χ2v) is 4.80. The van der Waals surface area contributed by atoms with Crippen LogP contribution in [-0.4, -0.2) is 53.5 Å². The third-order valence-corrected chi connectivity index (χ3v) is 2.93. The lowest BCUT2D eigenvalue weighted by Gasteiger charge is -2.29. The number of alkyl halides is 3. The predicted octanol–water partition coefficient (Wildman–Crippen LogP) is 1.89. The average molecular weight is 269 g/mol. The van der Waals surface area contributed by atoms with Crippen LogP contribution in [0.2, 0.25) is 0 Å². The Morgan fingerprint density at radius 3 is 2.44 bits per heavy atom. The first kappa shape index (κ1) is 15.2. The van der Waals surface area contributed by atoms with Crippen molar-refractivity contribution in [2.45, 2.75) is 51.1 Å². The Labute approximate surface area is 104 Å². The minimum Gasteiger partial charge on any atom is -0.479 e. The number of rotatable bonds is 5. The van der Waals surface area contributed by atoms with Crippen LogP contribution in [0.1, 0.15) is 26.7 Å². The number of carbonyl (C=O) groups is 1. The fourth-order valence-corrected chi connectivity index (χ4v) is 1.97. The lowest BCUT2D eigenvalue weighted by molar-refractivity contribution is -0.158. The van der Waals surface area contributed by atoms with Gasteiger partial charge in [-0.15, -0.1) is 0 Å². The van der Waals surface area contributed by atoms with Crippen molar-refractivity contribution >= 4 is 5.97 Å².